The first-order chi connectivity index (χ1) is 5.29. The van der Waals surface area contributed by atoms with Crippen LogP contribution in [0.3, 0.4) is 0 Å². The van der Waals surface area contributed by atoms with Crippen LogP contribution < -0.4 is 11.3 Å². The first-order valence-electron chi connectivity index (χ1n) is 3.26. The standard InChI is InChI=1S/C8H10N2O/c1-3-7(10-9)8-6(2)4-5-11-8/h1,4-5,7,10H,9H2,2H3. The smallest absolute Gasteiger partial charge is 0.140 e. The molecule has 1 aromatic heterocycles. The number of nitrogens with two attached hydrogens (primary N) is 1. The average molecular weight is 150 g/mol. The van der Waals surface area contributed by atoms with Gasteiger partial charge in [-0.25, -0.2) is 5.43 Å². The van der Waals surface area contributed by atoms with Crippen molar-refractivity contribution in [3.05, 3.63) is 23.7 Å². The normalized spacial score (nSPS) is 12.5. The number of rotatable bonds is 2. The molecule has 1 atom stereocenters. The van der Waals surface area contributed by atoms with Gasteiger partial charge in [-0.1, -0.05) is 5.92 Å². The second kappa shape index (κ2) is 3.24. The summed E-state index contributed by atoms with van der Waals surface area (Å²) in [6.45, 7) is 1.92. The summed E-state index contributed by atoms with van der Waals surface area (Å²) in [5.41, 5.74) is 3.47. The highest BCUT2D eigenvalue weighted by molar-refractivity contribution is 5.23. The Balaban J connectivity index is 2.92. The Bertz CT molecular complexity index is 272. The van der Waals surface area contributed by atoms with Gasteiger partial charge in [-0.05, 0) is 18.6 Å². The largest absolute Gasteiger partial charge is 0.466 e. The Labute approximate surface area is 65.5 Å². The van der Waals surface area contributed by atoms with E-state index in [-0.39, 0.29) is 6.04 Å². The Morgan fingerprint density at radius 1 is 1.82 bits per heavy atom. The Hall–Kier alpha value is -1.24. The van der Waals surface area contributed by atoms with E-state index in [4.69, 9.17) is 16.7 Å². The molecule has 0 aliphatic heterocycles. The van der Waals surface area contributed by atoms with Crippen LogP contribution in [0.5, 0.6) is 0 Å². The summed E-state index contributed by atoms with van der Waals surface area (Å²) < 4.78 is 5.12. The fraction of sp³-hybridized carbons (Fsp3) is 0.250. The zero-order chi connectivity index (χ0) is 8.27. The van der Waals surface area contributed by atoms with Crippen molar-refractivity contribution >= 4 is 0 Å². The Kier molecular flexibility index (Phi) is 2.32. The third kappa shape index (κ3) is 1.43. The highest BCUT2D eigenvalue weighted by Gasteiger charge is 2.11. The molecule has 1 heterocycles. The maximum absolute atomic E-state index is 5.19. The third-order valence-corrected chi connectivity index (χ3v) is 1.50. The van der Waals surface area contributed by atoms with Crippen molar-refractivity contribution in [2.45, 2.75) is 13.0 Å². The second-order valence-electron chi connectivity index (χ2n) is 2.23. The minimum absolute atomic E-state index is 0.329. The van der Waals surface area contributed by atoms with Gasteiger partial charge in [0.05, 0.1) is 6.26 Å². The van der Waals surface area contributed by atoms with E-state index in [9.17, 15) is 0 Å². The van der Waals surface area contributed by atoms with Crippen molar-refractivity contribution in [2.75, 3.05) is 0 Å². The SMILES string of the molecule is C#CC(NN)c1occc1C. The average Bonchev–Trinajstić information content (AvgIpc) is 2.40. The van der Waals surface area contributed by atoms with Crippen LogP contribution in [-0.2, 0) is 0 Å². The van der Waals surface area contributed by atoms with Crippen molar-refractivity contribution in [2.24, 2.45) is 5.84 Å². The van der Waals surface area contributed by atoms with Gasteiger partial charge in [-0.3, -0.25) is 5.84 Å². The van der Waals surface area contributed by atoms with Crippen molar-refractivity contribution in [3.63, 3.8) is 0 Å². The predicted octanol–water partition coefficient (Wildman–Crippen LogP) is 0.726. The lowest BCUT2D eigenvalue weighted by Gasteiger charge is -2.05. The Morgan fingerprint density at radius 3 is 2.91 bits per heavy atom. The fourth-order valence-corrected chi connectivity index (χ4v) is 0.880. The van der Waals surface area contributed by atoms with E-state index in [0.717, 1.165) is 5.56 Å². The van der Waals surface area contributed by atoms with Gasteiger partial charge in [0.15, 0.2) is 0 Å². The number of hydrogen-bond acceptors (Lipinski definition) is 3. The molecule has 0 fully saturated rings. The summed E-state index contributed by atoms with van der Waals surface area (Å²) in [7, 11) is 0. The van der Waals surface area contributed by atoms with Crippen molar-refractivity contribution < 1.29 is 4.42 Å². The van der Waals surface area contributed by atoms with E-state index in [2.05, 4.69) is 11.3 Å². The molecule has 3 nitrogen and oxygen atoms in total. The minimum Gasteiger partial charge on any atom is -0.466 e. The number of aryl methyl sites for hydroxylation is 1. The van der Waals surface area contributed by atoms with E-state index >= 15 is 0 Å². The van der Waals surface area contributed by atoms with Gasteiger partial charge in [0.1, 0.15) is 11.8 Å². The zero-order valence-electron chi connectivity index (χ0n) is 6.29. The van der Waals surface area contributed by atoms with Crippen LogP contribution in [0.15, 0.2) is 16.7 Å². The minimum atomic E-state index is -0.329. The van der Waals surface area contributed by atoms with Gasteiger partial charge in [-0.15, -0.1) is 6.42 Å². The number of furan rings is 1. The molecule has 0 saturated carbocycles. The summed E-state index contributed by atoms with van der Waals surface area (Å²) >= 11 is 0. The molecule has 0 aliphatic rings. The maximum Gasteiger partial charge on any atom is 0.140 e. The van der Waals surface area contributed by atoms with Gasteiger partial charge in [-0.2, -0.15) is 0 Å². The molecule has 58 valence electrons. The van der Waals surface area contributed by atoms with Crippen LogP contribution in [0.1, 0.15) is 17.4 Å². The van der Waals surface area contributed by atoms with Gasteiger partial charge >= 0.3 is 0 Å². The van der Waals surface area contributed by atoms with Crippen LogP contribution in [0.25, 0.3) is 0 Å². The molecule has 11 heavy (non-hydrogen) atoms. The maximum atomic E-state index is 5.19. The molecule has 1 unspecified atom stereocenters. The number of hydrogen-bond donors (Lipinski definition) is 2. The molecule has 0 saturated heterocycles. The highest BCUT2D eigenvalue weighted by atomic mass is 16.3. The lowest BCUT2D eigenvalue weighted by molar-refractivity contribution is 0.462. The monoisotopic (exact) mass is 150 g/mol. The van der Waals surface area contributed by atoms with Gasteiger partial charge in [0.2, 0.25) is 0 Å². The van der Waals surface area contributed by atoms with E-state index in [0.29, 0.717) is 5.76 Å². The van der Waals surface area contributed by atoms with Gasteiger partial charge in [0, 0.05) is 0 Å². The number of terminal acetylenes is 1. The van der Waals surface area contributed by atoms with Crippen molar-refractivity contribution in [1.82, 2.24) is 5.43 Å². The lowest BCUT2D eigenvalue weighted by atomic mass is 10.2. The molecule has 1 aromatic rings. The molecular weight excluding hydrogens is 140 g/mol. The van der Waals surface area contributed by atoms with Gasteiger partial charge < -0.3 is 4.42 Å². The van der Waals surface area contributed by atoms with E-state index < -0.39 is 0 Å². The molecule has 1 rings (SSSR count). The van der Waals surface area contributed by atoms with Crippen molar-refractivity contribution in [1.29, 1.82) is 0 Å². The fourth-order valence-electron chi connectivity index (χ4n) is 0.880. The van der Waals surface area contributed by atoms with Gasteiger partial charge in [0.25, 0.3) is 0 Å². The molecule has 3 N–H and O–H groups in total. The highest BCUT2D eigenvalue weighted by Crippen LogP contribution is 2.16. The van der Waals surface area contributed by atoms with Crippen molar-refractivity contribution in [3.8, 4) is 12.3 Å². The first kappa shape index (κ1) is 7.86. The van der Waals surface area contributed by atoms with Crippen LogP contribution in [0, 0.1) is 19.3 Å². The molecule has 0 bridgehead atoms. The van der Waals surface area contributed by atoms with Crippen LogP contribution >= 0.6 is 0 Å². The number of nitrogens with one attached hydrogen (secondary N) is 1. The quantitative estimate of drug-likeness (QED) is 0.371. The summed E-state index contributed by atoms with van der Waals surface area (Å²) in [5.74, 6) is 8.36. The van der Waals surface area contributed by atoms with Crippen LogP contribution in [-0.4, -0.2) is 0 Å². The molecular formula is C8H10N2O. The molecule has 0 amide bonds. The molecule has 0 spiro atoms. The molecule has 0 radical (unpaired) electrons. The van der Waals surface area contributed by atoms with E-state index in [1.165, 1.54) is 0 Å². The summed E-state index contributed by atoms with van der Waals surface area (Å²) in [6.07, 6.45) is 6.78. The lowest BCUT2D eigenvalue weighted by Crippen LogP contribution is -2.26. The zero-order valence-corrected chi connectivity index (χ0v) is 6.29. The Morgan fingerprint density at radius 2 is 2.55 bits per heavy atom. The summed E-state index contributed by atoms with van der Waals surface area (Å²) in [4.78, 5) is 0. The molecule has 0 aliphatic carbocycles. The predicted molar refractivity (Wildman–Crippen MR) is 42.3 cm³/mol. The summed E-state index contributed by atoms with van der Waals surface area (Å²) in [5, 5.41) is 0. The van der Waals surface area contributed by atoms with Crippen LogP contribution in [0.4, 0.5) is 0 Å². The third-order valence-electron chi connectivity index (χ3n) is 1.50. The van der Waals surface area contributed by atoms with E-state index in [1.54, 1.807) is 6.26 Å². The topological polar surface area (TPSA) is 51.2 Å². The van der Waals surface area contributed by atoms with E-state index in [1.807, 2.05) is 13.0 Å². The summed E-state index contributed by atoms with van der Waals surface area (Å²) in [6, 6.07) is 1.52. The second-order valence-corrected chi connectivity index (χ2v) is 2.23. The number of hydrazine groups is 1. The molecule has 3 heteroatoms. The first-order valence-corrected chi connectivity index (χ1v) is 3.26. The van der Waals surface area contributed by atoms with Crippen LogP contribution in [0.2, 0.25) is 0 Å². The molecule has 0 aromatic carbocycles.